The average Bonchev–Trinajstić information content (AvgIpc) is 2.94. The number of rotatable bonds is 3. The first-order valence-electron chi connectivity index (χ1n) is 9.08. The molecule has 0 amide bonds. The van der Waals surface area contributed by atoms with Gasteiger partial charge in [0.05, 0.1) is 0 Å². The van der Waals surface area contributed by atoms with E-state index in [-0.39, 0.29) is 6.42 Å². The van der Waals surface area contributed by atoms with Gasteiger partial charge in [0.2, 0.25) is 0 Å². The molecule has 1 fully saturated rings. The van der Waals surface area contributed by atoms with Crippen LogP contribution in [0.2, 0.25) is 0 Å². The topological polar surface area (TPSA) is 37.3 Å². The zero-order chi connectivity index (χ0) is 16.0. The molecule has 4 atom stereocenters. The van der Waals surface area contributed by atoms with Crippen molar-refractivity contribution in [1.29, 1.82) is 0 Å². The molecule has 2 nitrogen and oxygen atoms in total. The zero-order valence-corrected chi connectivity index (χ0v) is 13.9. The molecule has 1 aromatic carbocycles. The minimum absolute atomic E-state index is 0.233. The molecule has 122 valence electrons. The van der Waals surface area contributed by atoms with Crippen LogP contribution in [0.4, 0.5) is 0 Å². The van der Waals surface area contributed by atoms with Crippen LogP contribution >= 0.6 is 0 Å². The van der Waals surface area contributed by atoms with Crippen LogP contribution in [0.5, 0.6) is 0 Å². The lowest BCUT2D eigenvalue weighted by molar-refractivity contribution is -0.136. The van der Waals surface area contributed by atoms with Gasteiger partial charge in [0.1, 0.15) is 0 Å². The molecule has 0 radical (unpaired) electrons. The molecule has 3 aliphatic rings. The lowest BCUT2D eigenvalue weighted by Gasteiger charge is -2.49. The van der Waals surface area contributed by atoms with E-state index in [2.05, 4.69) is 37.3 Å². The van der Waals surface area contributed by atoms with E-state index in [0.717, 1.165) is 17.8 Å². The smallest absolute Gasteiger partial charge is 0.303 e. The maximum Gasteiger partial charge on any atom is 0.303 e. The third-order valence-electron chi connectivity index (χ3n) is 6.74. The Balaban J connectivity index is 1.58. The molecule has 1 aromatic rings. The normalized spacial score (nSPS) is 34.6. The lowest BCUT2D eigenvalue weighted by atomic mass is 9.56. The van der Waals surface area contributed by atoms with Crippen molar-refractivity contribution >= 4 is 5.97 Å². The van der Waals surface area contributed by atoms with E-state index in [0.29, 0.717) is 11.8 Å². The molecule has 3 aliphatic carbocycles. The fraction of sp³-hybridized carbons (Fsp3) is 0.571. The van der Waals surface area contributed by atoms with Crippen LogP contribution in [-0.4, -0.2) is 11.1 Å². The van der Waals surface area contributed by atoms with E-state index in [4.69, 9.17) is 5.11 Å². The van der Waals surface area contributed by atoms with Crippen LogP contribution < -0.4 is 0 Å². The summed E-state index contributed by atoms with van der Waals surface area (Å²) >= 11 is 0. The molecule has 0 spiro atoms. The summed E-state index contributed by atoms with van der Waals surface area (Å²) in [6, 6.07) is 6.77. The molecule has 0 heterocycles. The largest absolute Gasteiger partial charge is 0.481 e. The summed E-state index contributed by atoms with van der Waals surface area (Å²) < 4.78 is 0. The van der Waals surface area contributed by atoms with Crippen molar-refractivity contribution in [2.24, 2.45) is 17.3 Å². The minimum Gasteiger partial charge on any atom is -0.481 e. The van der Waals surface area contributed by atoms with Crippen molar-refractivity contribution in [3.63, 3.8) is 0 Å². The van der Waals surface area contributed by atoms with Crippen LogP contribution in [0.15, 0.2) is 30.4 Å². The molecule has 0 aromatic heterocycles. The summed E-state index contributed by atoms with van der Waals surface area (Å²) in [5, 5.41) is 8.87. The van der Waals surface area contributed by atoms with Gasteiger partial charge in [0, 0.05) is 6.42 Å². The summed E-state index contributed by atoms with van der Waals surface area (Å²) in [7, 11) is 0. The molecule has 3 unspecified atom stereocenters. The third-order valence-corrected chi connectivity index (χ3v) is 6.74. The van der Waals surface area contributed by atoms with Crippen molar-refractivity contribution in [3.8, 4) is 0 Å². The lowest BCUT2D eigenvalue weighted by Crippen LogP contribution is -2.39. The first-order chi connectivity index (χ1) is 11.1. The number of aryl methyl sites for hydroxylation is 2. The van der Waals surface area contributed by atoms with Gasteiger partial charge in [-0.2, -0.15) is 0 Å². The SMILES string of the molecule is C[C@@]12C=CCC1C1CCc3cc(CCC(=O)O)ccc3C1CC2. The first-order valence-corrected chi connectivity index (χ1v) is 9.08. The van der Waals surface area contributed by atoms with Gasteiger partial charge in [-0.25, -0.2) is 0 Å². The third kappa shape index (κ3) is 2.52. The maximum atomic E-state index is 10.8. The number of fused-ring (bicyclic) bond motifs is 5. The van der Waals surface area contributed by atoms with Crippen molar-refractivity contribution < 1.29 is 9.90 Å². The van der Waals surface area contributed by atoms with Crippen molar-refractivity contribution in [2.45, 2.75) is 57.8 Å². The fourth-order valence-electron chi connectivity index (χ4n) is 5.53. The first kappa shape index (κ1) is 15.0. The van der Waals surface area contributed by atoms with Gasteiger partial charge in [0.15, 0.2) is 0 Å². The number of benzene rings is 1. The van der Waals surface area contributed by atoms with E-state index in [1.807, 2.05) is 0 Å². The minimum atomic E-state index is -0.705. The molecule has 0 saturated heterocycles. The average molecular weight is 310 g/mol. The van der Waals surface area contributed by atoms with Crippen LogP contribution in [0.3, 0.4) is 0 Å². The molecule has 23 heavy (non-hydrogen) atoms. The van der Waals surface area contributed by atoms with E-state index < -0.39 is 5.97 Å². The Morgan fingerprint density at radius 1 is 1.35 bits per heavy atom. The van der Waals surface area contributed by atoms with E-state index in [1.54, 1.807) is 5.56 Å². The van der Waals surface area contributed by atoms with E-state index in [9.17, 15) is 4.79 Å². The maximum absolute atomic E-state index is 10.8. The van der Waals surface area contributed by atoms with Crippen LogP contribution in [0.25, 0.3) is 0 Å². The number of carbonyl (C=O) groups is 1. The van der Waals surface area contributed by atoms with Gasteiger partial charge in [-0.15, -0.1) is 0 Å². The van der Waals surface area contributed by atoms with Gasteiger partial charge in [0.25, 0.3) is 0 Å². The predicted octanol–water partition coefficient (Wildman–Crippen LogP) is 4.73. The molecular formula is C21H26O2. The highest BCUT2D eigenvalue weighted by Gasteiger charge is 2.48. The van der Waals surface area contributed by atoms with Gasteiger partial charge >= 0.3 is 5.97 Å². The van der Waals surface area contributed by atoms with E-state index >= 15 is 0 Å². The quantitative estimate of drug-likeness (QED) is 0.820. The molecule has 1 N–H and O–H groups in total. The Morgan fingerprint density at radius 2 is 2.22 bits per heavy atom. The standard InChI is InChI=1S/C21H26O2/c1-21-11-2-3-19(21)18-8-6-15-13-14(5-9-20(22)23)4-7-16(15)17(18)10-12-21/h2,4,7,11,13,17-19H,3,5-6,8-10,12H2,1H3,(H,22,23)/t17?,18?,19?,21-/m0/s1. The van der Waals surface area contributed by atoms with Gasteiger partial charge in [-0.3, -0.25) is 4.79 Å². The van der Waals surface area contributed by atoms with Gasteiger partial charge in [-0.05, 0) is 78.4 Å². The van der Waals surface area contributed by atoms with E-state index in [1.165, 1.54) is 43.2 Å². The number of carboxylic acids is 1. The highest BCUT2D eigenvalue weighted by molar-refractivity contribution is 5.67. The summed E-state index contributed by atoms with van der Waals surface area (Å²) in [6.07, 6.45) is 12.2. The van der Waals surface area contributed by atoms with Gasteiger partial charge < -0.3 is 5.11 Å². The Morgan fingerprint density at radius 3 is 3.04 bits per heavy atom. The Bertz CT molecular complexity index is 660. The Kier molecular flexibility index (Phi) is 3.59. The number of carboxylic acid groups (broad SMARTS) is 1. The second-order valence-electron chi connectivity index (χ2n) is 8.02. The molecule has 0 aliphatic heterocycles. The Labute approximate surface area is 138 Å². The number of allylic oxidation sites excluding steroid dienone is 2. The second-order valence-corrected chi connectivity index (χ2v) is 8.02. The zero-order valence-electron chi connectivity index (χ0n) is 13.9. The number of aliphatic carboxylic acids is 1. The van der Waals surface area contributed by atoms with Crippen molar-refractivity contribution in [2.75, 3.05) is 0 Å². The molecule has 0 bridgehead atoms. The summed E-state index contributed by atoms with van der Waals surface area (Å²) in [4.78, 5) is 10.8. The highest BCUT2D eigenvalue weighted by Crippen LogP contribution is 2.58. The van der Waals surface area contributed by atoms with Crippen molar-refractivity contribution in [1.82, 2.24) is 0 Å². The predicted molar refractivity (Wildman–Crippen MR) is 91.5 cm³/mol. The highest BCUT2D eigenvalue weighted by atomic mass is 16.4. The second kappa shape index (κ2) is 5.51. The summed E-state index contributed by atoms with van der Waals surface area (Å²) in [6.45, 7) is 2.46. The van der Waals surface area contributed by atoms with Crippen LogP contribution in [-0.2, 0) is 17.6 Å². The Hall–Kier alpha value is -1.57. The number of hydrogen-bond acceptors (Lipinski definition) is 1. The van der Waals surface area contributed by atoms with Gasteiger partial charge in [-0.1, -0.05) is 37.3 Å². The monoisotopic (exact) mass is 310 g/mol. The molecular weight excluding hydrogens is 284 g/mol. The van der Waals surface area contributed by atoms with Crippen molar-refractivity contribution in [3.05, 3.63) is 47.0 Å². The molecule has 4 rings (SSSR count). The molecule has 2 heteroatoms. The molecule has 1 saturated carbocycles. The summed E-state index contributed by atoms with van der Waals surface area (Å²) in [5.41, 5.74) is 4.69. The number of hydrogen-bond donors (Lipinski definition) is 1. The van der Waals surface area contributed by atoms with Crippen LogP contribution in [0.1, 0.15) is 61.6 Å². The fourth-order valence-corrected chi connectivity index (χ4v) is 5.53. The summed E-state index contributed by atoms with van der Waals surface area (Å²) in [5.74, 6) is 1.69. The van der Waals surface area contributed by atoms with Crippen LogP contribution in [0, 0.1) is 17.3 Å².